The lowest BCUT2D eigenvalue weighted by Crippen LogP contribution is -2.40. The Morgan fingerprint density at radius 3 is 2.40 bits per heavy atom. The van der Waals surface area contributed by atoms with Crippen molar-refractivity contribution in [1.82, 2.24) is 0 Å². The summed E-state index contributed by atoms with van der Waals surface area (Å²) in [6.45, 7) is 0.197. The van der Waals surface area contributed by atoms with Crippen molar-refractivity contribution in [3.63, 3.8) is 0 Å². The largest absolute Gasteiger partial charge is 0.372 e. The van der Waals surface area contributed by atoms with Gasteiger partial charge < -0.3 is 10.0 Å². The van der Waals surface area contributed by atoms with Gasteiger partial charge in [0, 0.05) is 5.56 Å². The number of para-hydroxylation sites is 1. The van der Waals surface area contributed by atoms with Gasteiger partial charge in [0.05, 0.1) is 12.2 Å². The molecule has 124 valence electrons. The summed E-state index contributed by atoms with van der Waals surface area (Å²) in [6.07, 6.45) is 0. The highest BCUT2D eigenvalue weighted by Gasteiger charge is 2.50. The second-order valence-corrected chi connectivity index (χ2v) is 6.11. The van der Waals surface area contributed by atoms with Gasteiger partial charge in [-0.05, 0) is 29.3 Å². The third-order valence-electron chi connectivity index (χ3n) is 4.56. The molecule has 1 aliphatic rings. The second-order valence-electron chi connectivity index (χ2n) is 6.11. The van der Waals surface area contributed by atoms with E-state index >= 15 is 0 Å². The number of hydrogen-bond acceptors (Lipinski definition) is 2. The number of fused-ring (bicyclic) bond motifs is 1. The number of hydrogen-bond donors (Lipinski definition) is 1. The number of anilines is 1. The van der Waals surface area contributed by atoms with Crippen molar-refractivity contribution in [3.05, 3.63) is 101 Å². The molecular formula is C21H16FNO2. The summed E-state index contributed by atoms with van der Waals surface area (Å²) in [4.78, 5) is 14.7. The molecule has 0 saturated heterocycles. The Hall–Kier alpha value is -2.98. The van der Waals surface area contributed by atoms with Gasteiger partial charge in [-0.25, -0.2) is 4.39 Å². The fourth-order valence-corrected chi connectivity index (χ4v) is 3.37. The quantitative estimate of drug-likeness (QED) is 0.795. The van der Waals surface area contributed by atoms with E-state index in [1.165, 1.54) is 17.0 Å². The number of benzene rings is 3. The fourth-order valence-electron chi connectivity index (χ4n) is 3.37. The maximum absolute atomic E-state index is 13.5. The van der Waals surface area contributed by atoms with E-state index in [1.54, 1.807) is 54.6 Å². The maximum atomic E-state index is 13.5. The molecule has 1 aliphatic heterocycles. The van der Waals surface area contributed by atoms with E-state index in [-0.39, 0.29) is 12.4 Å². The van der Waals surface area contributed by atoms with Crippen LogP contribution < -0.4 is 4.90 Å². The molecule has 1 atom stereocenters. The van der Waals surface area contributed by atoms with Crippen molar-refractivity contribution >= 4 is 11.6 Å². The Balaban J connectivity index is 1.82. The molecule has 0 radical (unpaired) electrons. The van der Waals surface area contributed by atoms with Crippen molar-refractivity contribution in [1.29, 1.82) is 0 Å². The summed E-state index contributed by atoms with van der Waals surface area (Å²) in [6, 6.07) is 22.2. The monoisotopic (exact) mass is 333 g/mol. The van der Waals surface area contributed by atoms with Crippen molar-refractivity contribution in [3.8, 4) is 0 Å². The molecule has 0 aliphatic carbocycles. The summed E-state index contributed by atoms with van der Waals surface area (Å²) < 4.78 is 13.5. The first kappa shape index (κ1) is 15.5. The Bertz CT molecular complexity index is 941. The molecule has 0 spiro atoms. The van der Waals surface area contributed by atoms with E-state index in [0.717, 1.165) is 0 Å². The Morgan fingerprint density at radius 2 is 1.64 bits per heavy atom. The topological polar surface area (TPSA) is 40.5 Å². The molecule has 3 aromatic carbocycles. The Kier molecular flexibility index (Phi) is 3.62. The molecule has 0 fully saturated rings. The lowest BCUT2D eigenvalue weighted by molar-refractivity contribution is -0.132. The molecule has 1 unspecified atom stereocenters. The van der Waals surface area contributed by atoms with Crippen LogP contribution in [0.1, 0.15) is 16.7 Å². The van der Waals surface area contributed by atoms with Crippen LogP contribution in [0.25, 0.3) is 0 Å². The van der Waals surface area contributed by atoms with Crippen LogP contribution in [0.4, 0.5) is 10.1 Å². The van der Waals surface area contributed by atoms with Crippen molar-refractivity contribution in [2.75, 3.05) is 4.90 Å². The van der Waals surface area contributed by atoms with Crippen LogP contribution >= 0.6 is 0 Å². The molecule has 0 bridgehead atoms. The normalized spacial score (nSPS) is 19.1. The zero-order valence-electron chi connectivity index (χ0n) is 13.4. The molecule has 1 heterocycles. The van der Waals surface area contributed by atoms with Gasteiger partial charge in [-0.3, -0.25) is 4.79 Å². The van der Waals surface area contributed by atoms with Gasteiger partial charge in [0.25, 0.3) is 5.91 Å². The first-order valence-electron chi connectivity index (χ1n) is 8.04. The minimum absolute atomic E-state index is 0.197. The zero-order chi connectivity index (χ0) is 17.4. The average molecular weight is 333 g/mol. The van der Waals surface area contributed by atoms with E-state index in [9.17, 15) is 14.3 Å². The third kappa shape index (κ3) is 2.42. The van der Waals surface area contributed by atoms with Crippen LogP contribution in [0.5, 0.6) is 0 Å². The van der Waals surface area contributed by atoms with Crippen LogP contribution in [0.3, 0.4) is 0 Å². The highest BCUT2D eigenvalue weighted by atomic mass is 19.1. The number of amides is 1. The fraction of sp³-hybridized carbons (Fsp3) is 0.0952. The molecule has 3 nitrogen and oxygen atoms in total. The van der Waals surface area contributed by atoms with E-state index < -0.39 is 11.5 Å². The van der Waals surface area contributed by atoms with Gasteiger partial charge in [-0.1, -0.05) is 60.7 Å². The maximum Gasteiger partial charge on any atom is 0.268 e. The predicted octanol–water partition coefficient (Wildman–Crippen LogP) is 3.61. The summed E-state index contributed by atoms with van der Waals surface area (Å²) in [5.74, 6) is -0.778. The van der Waals surface area contributed by atoms with Crippen LogP contribution in [-0.2, 0) is 16.9 Å². The standard InChI is InChI=1S/C21H16FNO2/c22-17-10-6-7-15(13-17)14-23-19-12-5-4-11-18(19)21(25,20(23)24)16-8-2-1-3-9-16/h1-13,25H,14H2. The summed E-state index contributed by atoms with van der Waals surface area (Å²) in [5, 5.41) is 11.3. The molecule has 1 amide bonds. The van der Waals surface area contributed by atoms with Crippen molar-refractivity contribution in [2.45, 2.75) is 12.1 Å². The van der Waals surface area contributed by atoms with Gasteiger partial charge in [-0.2, -0.15) is 0 Å². The van der Waals surface area contributed by atoms with E-state index in [2.05, 4.69) is 0 Å². The average Bonchev–Trinajstić information content (AvgIpc) is 2.86. The Morgan fingerprint density at radius 1 is 0.920 bits per heavy atom. The van der Waals surface area contributed by atoms with Gasteiger partial charge in [0.2, 0.25) is 0 Å². The molecule has 0 saturated carbocycles. The van der Waals surface area contributed by atoms with Gasteiger partial charge in [0.1, 0.15) is 5.82 Å². The number of rotatable bonds is 3. The molecule has 0 aromatic heterocycles. The van der Waals surface area contributed by atoms with Gasteiger partial charge in [0.15, 0.2) is 5.60 Å². The third-order valence-corrected chi connectivity index (χ3v) is 4.56. The molecule has 1 N–H and O–H groups in total. The first-order valence-corrected chi connectivity index (χ1v) is 8.04. The summed E-state index contributed by atoms with van der Waals surface area (Å²) in [5.41, 5.74) is 0.644. The number of nitrogens with zero attached hydrogens (tertiary/aromatic N) is 1. The first-order chi connectivity index (χ1) is 12.1. The van der Waals surface area contributed by atoms with Crippen LogP contribution in [0.15, 0.2) is 78.9 Å². The SMILES string of the molecule is O=C1N(Cc2cccc(F)c2)c2ccccc2C1(O)c1ccccc1. The molecular weight excluding hydrogens is 317 g/mol. The van der Waals surface area contributed by atoms with Crippen LogP contribution in [0, 0.1) is 5.82 Å². The summed E-state index contributed by atoms with van der Waals surface area (Å²) in [7, 11) is 0. The number of halogens is 1. The van der Waals surface area contributed by atoms with Gasteiger partial charge in [-0.15, -0.1) is 0 Å². The van der Waals surface area contributed by atoms with E-state index in [4.69, 9.17) is 0 Å². The van der Waals surface area contributed by atoms with Crippen LogP contribution in [0.2, 0.25) is 0 Å². The van der Waals surface area contributed by atoms with Gasteiger partial charge >= 0.3 is 0 Å². The minimum atomic E-state index is -1.73. The lowest BCUT2D eigenvalue weighted by Gasteiger charge is -2.23. The van der Waals surface area contributed by atoms with Crippen molar-refractivity contribution in [2.24, 2.45) is 0 Å². The molecule has 3 aromatic rings. The second kappa shape index (κ2) is 5.83. The zero-order valence-corrected chi connectivity index (χ0v) is 13.4. The highest BCUT2D eigenvalue weighted by Crippen LogP contribution is 2.44. The number of carbonyl (C=O) groups excluding carboxylic acids is 1. The number of carbonyl (C=O) groups is 1. The minimum Gasteiger partial charge on any atom is -0.372 e. The van der Waals surface area contributed by atoms with Crippen LogP contribution in [-0.4, -0.2) is 11.0 Å². The Labute approximate surface area is 145 Å². The van der Waals surface area contributed by atoms with E-state index in [1.807, 2.05) is 12.1 Å². The molecule has 4 heteroatoms. The number of aliphatic hydroxyl groups is 1. The highest BCUT2D eigenvalue weighted by molar-refractivity contribution is 6.09. The molecule has 4 rings (SSSR count). The van der Waals surface area contributed by atoms with E-state index in [0.29, 0.717) is 22.4 Å². The molecule has 25 heavy (non-hydrogen) atoms. The van der Waals surface area contributed by atoms with Crippen molar-refractivity contribution < 1.29 is 14.3 Å². The predicted molar refractivity (Wildman–Crippen MR) is 93.5 cm³/mol. The summed E-state index contributed by atoms with van der Waals surface area (Å²) >= 11 is 0. The lowest BCUT2D eigenvalue weighted by atomic mass is 9.88. The smallest absolute Gasteiger partial charge is 0.268 e.